The molecule has 0 aliphatic carbocycles. The van der Waals surface area contributed by atoms with Gasteiger partial charge in [-0.25, -0.2) is 14.1 Å². The lowest BCUT2D eigenvalue weighted by Gasteiger charge is -2.49. The van der Waals surface area contributed by atoms with Crippen molar-refractivity contribution in [2.45, 2.75) is 84.3 Å². The van der Waals surface area contributed by atoms with Gasteiger partial charge in [0.05, 0.1) is 5.69 Å². The van der Waals surface area contributed by atoms with Crippen LogP contribution in [-0.2, 0) is 0 Å². The third-order valence-corrected chi connectivity index (χ3v) is 5.65. The Morgan fingerprint density at radius 3 is 2.37 bits per heavy atom. The molecule has 0 spiro atoms. The van der Waals surface area contributed by atoms with Crippen molar-refractivity contribution in [1.82, 2.24) is 25.0 Å². The van der Waals surface area contributed by atoms with E-state index in [9.17, 15) is 9.18 Å². The van der Waals surface area contributed by atoms with Crippen LogP contribution in [0.2, 0.25) is 0 Å². The molecule has 1 N–H and O–H groups in total. The largest absolute Gasteiger partial charge is 0.333 e. The molecule has 1 aliphatic rings. The minimum atomic E-state index is -0.310. The first-order valence-corrected chi connectivity index (χ1v) is 10.8. The van der Waals surface area contributed by atoms with Gasteiger partial charge in [0.2, 0.25) is 5.82 Å². The molecule has 3 rings (SSSR count). The molecule has 0 saturated carbocycles. The van der Waals surface area contributed by atoms with Crippen molar-refractivity contribution in [3.63, 3.8) is 0 Å². The van der Waals surface area contributed by atoms with Gasteiger partial charge in [-0.05, 0) is 78.1 Å². The monoisotopic (exact) mass is 415 g/mol. The summed E-state index contributed by atoms with van der Waals surface area (Å²) in [5.41, 5.74) is 0.562. The number of carbonyl (C=O) groups is 1. The van der Waals surface area contributed by atoms with Gasteiger partial charge < -0.3 is 10.2 Å². The van der Waals surface area contributed by atoms with Crippen molar-refractivity contribution in [3.05, 3.63) is 41.7 Å². The number of halogens is 1. The van der Waals surface area contributed by atoms with Gasteiger partial charge in [-0.3, -0.25) is 4.79 Å². The first-order valence-electron chi connectivity index (χ1n) is 10.8. The van der Waals surface area contributed by atoms with Crippen LogP contribution in [0.25, 0.3) is 5.69 Å². The van der Waals surface area contributed by atoms with Gasteiger partial charge in [-0.2, -0.15) is 0 Å². The van der Waals surface area contributed by atoms with Crippen LogP contribution >= 0.6 is 0 Å². The van der Waals surface area contributed by atoms with Crippen LogP contribution in [0.5, 0.6) is 0 Å². The van der Waals surface area contributed by atoms with E-state index >= 15 is 0 Å². The van der Waals surface area contributed by atoms with Gasteiger partial charge in [0.15, 0.2) is 0 Å². The number of benzene rings is 1. The minimum Gasteiger partial charge on any atom is -0.333 e. The fourth-order valence-corrected chi connectivity index (χ4v) is 4.70. The Bertz CT molecular complexity index is 871. The number of nitrogens with one attached hydrogen (secondary N) is 1. The second-order valence-corrected chi connectivity index (χ2v) is 9.68. The molecule has 1 saturated heterocycles. The molecular weight excluding hydrogens is 381 g/mol. The Morgan fingerprint density at radius 1 is 1.20 bits per heavy atom. The Kier molecular flexibility index (Phi) is 6.32. The predicted molar refractivity (Wildman–Crippen MR) is 116 cm³/mol. The summed E-state index contributed by atoms with van der Waals surface area (Å²) in [5, 5.41) is 8.17. The molecule has 30 heavy (non-hydrogen) atoms. The summed E-state index contributed by atoms with van der Waals surface area (Å²) in [6.45, 7) is 13.4. The van der Waals surface area contributed by atoms with Gasteiger partial charge in [-0.1, -0.05) is 13.3 Å². The Labute approximate surface area is 178 Å². The number of aromatic nitrogens is 3. The van der Waals surface area contributed by atoms with Crippen LogP contribution in [-0.4, -0.2) is 49.2 Å². The fourth-order valence-electron chi connectivity index (χ4n) is 4.70. The maximum atomic E-state index is 13.5. The molecule has 1 amide bonds. The lowest BCUT2D eigenvalue weighted by Crippen LogP contribution is -2.63. The average Bonchev–Trinajstić information content (AvgIpc) is 3.02. The number of piperidine rings is 1. The highest BCUT2D eigenvalue weighted by molar-refractivity contribution is 5.90. The predicted octanol–water partition coefficient (Wildman–Crippen LogP) is 4.27. The van der Waals surface area contributed by atoms with E-state index in [1.165, 1.54) is 12.1 Å². The molecule has 0 atom stereocenters. The van der Waals surface area contributed by atoms with Crippen molar-refractivity contribution >= 4 is 5.91 Å². The number of unbranched alkanes of at least 4 members (excludes halogenated alkanes) is 1. The number of carbonyl (C=O) groups excluding carboxylic acids is 1. The quantitative estimate of drug-likeness (QED) is 0.765. The molecule has 164 valence electrons. The van der Waals surface area contributed by atoms with Crippen LogP contribution in [0.15, 0.2) is 24.3 Å². The van der Waals surface area contributed by atoms with E-state index < -0.39 is 0 Å². The normalized spacial score (nSPS) is 18.4. The molecule has 1 aliphatic heterocycles. The molecule has 6 nitrogen and oxygen atoms in total. The molecular formula is C23H34FN5O. The van der Waals surface area contributed by atoms with Crippen molar-refractivity contribution < 1.29 is 9.18 Å². The molecule has 1 aromatic carbocycles. The second-order valence-electron chi connectivity index (χ2n) is 9.68. The van der Waals surface area contributed by atoms with E-state index in [0.717, 1.165) is 25.7 Å². The summed E-state index contributed by atoms with van der Waals surface area (Å²) in [5.74, 6) is 0.356. The summed E-state index contributed by atoms with van der Waals surface area (Å²) in [7, 11) is 0. The Morgan fingerprint density at radius 2 is 1.80 bits per heavy atom. The van der Waals surface area contributed by atoms with E-state index in [1.807, 2.05) is 4.90 Å². The van der Waals surface area contributed by atoms with E-state index in [1.54, 1.807) is 23.7 Å². The van der Waals surface area contributed by atoms with Crippen molar-refractivity contribution in [2.24, 2.45) is 0 Å². The van der Waals surface area contributed by atoms with Gasteiger partial charge in [0.1, 0.15) is 11.6 Å². The Hall–Kier alpha value is -2.28. The lowest BCUT2D eigenvalue weighted by atomic mass is 9.79. The average molecular weight is 416 g/mol. The first kappa shape index (κ1) is 22.4. The second kappa shape index (κ2) is 8.46. The van der Waals surface area contributed by atoms with Gasteiger partial charge in [-0.15, -0.1) is 5.10 Å². The third-order valence-electron chi connectivity index (χ3n) is 5.65. The molecule has 0 bridgehead atoms. The first-order chi connectivity index (χ1) is 14.0. The lowest BCUT2D eigenvalue weighted by molar-refractivity contribution is 0.0431. The number of amides is 1. The Balaban J connectivity index is 1.90. The SMILES string of the molecule is CCCCN(C(=O)c1nc(C)n(-c2ccc(F)cc2)n1)C1CC(C)(C)NC(C)(C)C1. The maximum Gasteiger partial charge on any atom is 0.293 e. The third kappa shape index (κ3) is 5.06. The number of rotatable bonds is 6. The van der Waals surface area contributed by atoms with Crippen LogP contribution < -0.4 is 5.32 Å². The summed E-state index contributed by atoms with van der Waals surface area (Å²) >= 11 is 0. The fraction of sp³-hybridized carbons (Fsp3) is 0.609. The van der Waals surface area contributed by atoms with E-state index in [0.29, 0.717) is 18.1 Å². The van der Waals surface area contributed by atoms with Crippen molar-refractivity contribution in [1.29, 1.82) is 0 Å². The van der Waals surface area contributed by atoms with Crippen LogP contribution in [0.4, 0.5) is 4.39 Å². The van der Waals surface area contributed by atoms with Crippen molar-refractivity contribution in [3.8, 4) is 5.69 Å². The zero-order valence-electron chi connectivity index (χ0n) is 19.0. The highest BCUT2D eigenvalue weighted by Crippen LogP contribution is 2.32. The molecule has 0 unspecified atom stereocenters. The van der Waals surface area contributed by atoms with Crippen molar-refractivity contribution in [2.75, 3.05) is 6.54 Å². The van der Waals surface area contributed by atoms with Crippen LogP contribution in [0.3, 0.4) is 0 Å². The topological polar surface area (TPSA) is 63.1 Å². The summed E-state index contributed by atoms with van der Waals surface area (Å²) in [6, 6.07) is 6.15. The van der Waals surface area contributed by atoms with E-state index in [2.05, 4.69) is 50.0 Å². The van der Waals surface area contributed by atoms with E-state index in [-0.39, 0.29) is 34.7 Å². The molecule has 1 fully saturated rings. The van der Waals surface area contributed by atoms with Gasteiger partial charge in [0, 0.05) is 23.7 Å². The molecule has 2 aromatic rings. The van der Waals surface area contributed by atoms with Gasteiger partial charge >= 0.3 is 0 Å². The number of nitrogens with zero attached hydrogens (tertiary/aromatic N) is 4. The number of hydrogen-bond donors (Lipinski definition) is 1. The highest BCUT2D eigenvalue weighted by Gasteiger charge is 2.41. The van der Waals surface area contributed by atoms with Gasteiger partial charge in [0.25, 0.3) is 5.91 Å². The maximum absolute atomic E-state index is 13.5. The molecule has 2 heterocycles. The molecule has 7 heteroatoms. The number of aryl methyl sites for hydroxylation is 1. The van der Waals surface area contributed by atoms with E-state index in [4.69, 9.17) is 0 Å². The zero-order chi connectivity index (χ0) is 22.1. The standard InChI is InChI=1S/C23H34FN5O/c1-7-8-13-28(19-14-22(3,4)27-23(5,6)15-19)21(30)20-25-16(2)29(26-20)18-11-9-17(24)10-12-18/h9-12,19,27H,7-8,13-15H2,1-6H3. The smallest absolute Gasteiger partial charge is 0.293 e. The van der Waals surface area contributed by atoms with Crippen LogP contribution in [0.1, 0.15) is 76.7 Å². The van der Waals surface area contributed by atoms with Crippen LogP contribution in [0, 0.1) is 12.7 Å². The number of hydrogen-bond acceptors (Lipinski definition) is 4. The summed E-state index contributed by atoms with van der Waals surface area (Å²) in [6.07, 6.45) is 3.71. The summed E-state index contributed by atoms with van der Waals surface area (Å²) < 4.78 is 14.9. The zero-order valence-corrected chi connectivity index (χ0v) is 19.0. The minimum absolute atomic E-state index is 0.0615. The molecule has 0 radical (unpaired) electrons. The highest BCUT2D eigenvalue weighted by atomic mass is 19.1. The molecule has 1 aromatic heterocycles. The summed E-state index contributed by atoms with van der Waals surface area (Å²) in [4.78, 5) is 20.0.